The number of carbonyl (C=O) groups is 1. The molecule has 0 radical (unpaired) electrons. The molecule has 0 spiro atoms. The van der Waals surface area contributed by atoms with Crippen LogP contribution in [-0.4, -0.2) is 65.6 Å². The summed E-state index contributed by atoms with van der Waals surface area (Å²) >= 11 is 0. The van der Waals surface area contributed by atoms with Crippen LogP contribution in [0.2, 0.25) is 0 Å². The molecule has 0 bridgehead atoms. The zero-order chi connectivity index (χ0) is 25.1. The van der Waals surface area contributed by atoms with Crippen LogP contribution in [-0.2, 0) is 20.0 Å². The minimum absolute atomic E-state index is 0.0123. The molecule has 0 aliphatic heterocycles. The number of methoxy groups -OCH3 is 1. The SMILES string of the molecule is CCN(CC)S(=O)(=O)c1ccc(OC)c(NC(=O)c2cc(C)c(C)c(S(=O)(=O)N(C)C)c2)c1. The first-order chi connectivity index (χ1) is 15.3. The zero-order valence-electron chi connectivity index (χ0n) is 20.0. The molecule has 0 unspecified atom stereocenters. The van der Waals surface area contributed by atoms with E-state index in [-0.39, 0.29) is 26.8 Å². The molecule has 0 heterocycles. The van der Waals surface area contributed by atoms with E-state index < -0.39 is 26.0 Å². The van der Waals surface area contributed by atoms with Crippen LogP contribution in [0.3, 0.4) is 0 Å². The van der Waals surface area contributed by atoms with Crippen molar-refractivity contribution in [2.24, 2.45) is 0 Å². The van der Waals surface area contributed by atoms with E-state index in [1.54, 1.807) is 33.8 Å². The van der Waals surface area contributed by atoms with Crippen LogP contribution in [0.25, 0.3) is 0 Å². The number of benzene rings is 2. The number of amides is 1. The summed E-state index contributed by atoms with van der Waals surface area (Å²) in [6, 6.07) is 7.12. The normalized spacial score (nSPS) is 12.3. The van der Waals surface area contributed by atoms with Crippen LogP contribution in [0.5, 0.6) is 5.75 Å². The van der Waals surface area contributed by atoms with Gasteiger partial charge >= 0.3 is 0 Å². The van der Waals surface area contributed by atoms with Crippen molar-refractivity contribution in [2.75, 3.05) is 39.6 Å². The highest BCUT2D eigenvalue weighted by Gasteiger charge is 2.25. The van der Waals surface area contributed by atoms with Gasteiger partial charge in [-0.2, -0.15) is 4.31 Å². The number of rotatable bonds is 9. The maximum atomic E-state index is 13.1. The molecule has 0 aromatic heterocycles. The van der Waals surface area contributed by atoms with Gasteiger partial charge in [0.05, 0.1) is 22.6 Å². The van der Waals surface area contributed by atoms with E-state index in [1.165, 1.54) is 49.8 Å². The van der Waals surface area contributed by atoms with Crippen molar-refractivity contribution >= 4 is 31.6 Å². The van der Waals surface area contributed by atoms with Crippen LogP contribution >= 0.6 is 0 Å². The Labute approximate surface area is 196 Å². The number of nitrogens with zero attached hydrogens (tertiary/aromatic N) is 2. The molecule has 9 nitrogen and oxygen atoms in total. The second-order valence-corrected chi connectivity index (χ2v) is 11.7. The fourth-order valence-electron chi connectivity index (χ4n) is 3.28. The average molecular weight is 498 g/mol. The monoisotopic (exact) mass is 497 g/mol. The van der Waals surface area contributed by atoms with Gasteiger partial charge in [-0.1, -0.05) is 13.8 Å². The van der Waals surface area contributed by atoms with E-state index in [4.69, 9.17) is 4.74 Å². The minimum atomic E-state index is -3.77. The Kier molecular flexibility index (Phi) is 8.28. The van der Waals surface area contributed by atoms with Crippen molar-refractivity contribution in [3.8, 4) is 5.75 Å². The highest BCUT2D eigenvalue weighted by Crippen LogP contribution is 2.30. The molecule has 0 aliphatic carbocycles. The lowest BCUT2D eigenvalue weighted by atomic mass is 10.1. The molecular weight excluding hydrogens is 466 g/mol. The molecule has 0 aliphatic rings. The molecule has 33 heavy (non-hydrogen) atoms. The van der Waals surface area contributed by atoms with Crippen LogP contribution in [0.1, 0.15) is 35.3 Å². The summed E-state index contributed by atoms with van der Waals surface area (Å²) in [6.07, 6.45) is 0. The highest BCUT2D eigenvalue weighted by molar-refractivity contribution is 7.89. The van der Waals surface area contributed by atoms with E-state index in [1.807, 2.05) is 0 Å². The van der Waals surface area contributed by atoms with Gasteiger partial charge in [-0.05, 0) is 55.3 Å². The van der Waals surface area contributed by atoms with Gasteiger partial charge in [0.25, 0.3) is 5.91 Å². The molecule has 1 N–H and O–H groups in total. The average Bonchev–Trinajstić information content (AvgIpc) is 2.75. The Morgan fingerprint density at radius 2 is 1.58 bits per heavy atom. The van der Waals surface area contributed by atoms with Gasteiger partial charge in [-0.15, -0.1) is 0 Å². The van der Waals surface area contributed by atoms with Gasteiger partial charge in [-0.25, -0.2) is 21.1 Å². The van der Waals surface area contributed by atoms with Crippen LogP contribution < -0.4 is 10.1 Å². The predicted molar refractivity (Wildman–Crippen MR) is 128 cm³/mol. The van der Waals surface area contributed by atoms with Gasteiger partial charge in [0.15, 0.2) is 0 Å². The smallest absolute Gasteiger partial charge is 0.255 e. The van der Waals surface area contributed by atoms with Crippen molar-refractivity contribution in [1.82, 2.24) is 8.61 Å². The lowest BCUT2D eigenvalue weighted by Gasteiger charge is -2.20. The molecular formula is C22H31N3O6S2. The van der Waals surface area contributed by atoms with Crippen molar-refractivity contribution < 1.29 is 26.4 Å². The first kappa shape index (κ1) is 26.8. The number of aryl methyl sites for hydroxylation is 1. The lowest BCUT2D eigenvalue weighted by molar-refractivity contribution is 0.102. The topological polar surface area (TPSA) is 113 Å². The number of hydrogen-bond donors (Lipinski definition) is 1. The Morgan fingerprint density at radius 3 is 2.09 bits per heavy atom. The first-order valence-corrected chi connectivity index (χ1v) is 13.2. The van der Waals surface area contributed by atoms with Crippen LogP contribution in [0.4, 0.5) is 5.69 Å². The quantitative estimate of drug-likeness (QED) is 0.570. The summed E-state index contributed by atoms with van der Waals surface area (Å²) in [5.41, 5.74) is 1.46. The fourth-order valence-corrected chi connectivity index (χ4v) is 5.98. The lowest BCUT2D eigenvalue weighted by Crippen LogP contribution is -2.30. The Morgan fingerprint density at radius 1 is 0.970 bits per heavy atom. The summed E-state index contributed by atoms with van der Waals surface area (Å²) in [4.78, 5) is 13.1. The summed E-state index contributed by atoms with van der Waals surface area (Å²) in [5, 5.41) is 2.66. The second kappa shape index (κ2) is 10.2. The Balaban J connectivity index is 2.54. The molecule has 1 amide bonds. The van der Waals surface area contributed by atoms with E-state index in [9.17, 15) is 21.6 Å². The second-order valence-electron chi connectivity index (χ2n) is 7.61. The van der Waals surface area contributed by atoms with Gasteiger partial charge in [-0.3, -0.25) is 4.79 Å². The van der Waals surface area contributed by atoms with Crippen molar-refractivity contribution in [3.63, 3.8) is 0 Å². The molecule has 2 aromatic carbocycles. The van der Waals surface area contributed by atoms with Crippen molar-refractivity contribution in [3.05, 3.63) is 47.0 Å². The van der Waals surface area contributed by atoms with Gasteiger partial charge in [0.2, 0.25) is 20.0 Å². The van der Waals surface area contributed by atoms with Gasteiger partial charge < -0.3 is 10.1 Å². The van der Waals surface area contributed by atoms with E-state index in [0.29, 0.717) is 24.2 Å². The highest BCUT2D eigenvalue weighted by atomic mass is 32.2. The maximum absolute atomic E-state index is 13.1. The first-order valence-electron chi connectivity index (χ1n) is 10.3. The number of hydrogen-bond acceptors (Lipinski definition) is 6. The van der Waals surface area contributed by atoms with E-state index in [2.05, 4.69) is 5.32 Å². The summed E-state index contributed by atoms with van der Waals surface area (Å²) in [5.74, 6) is -0.323. The predicted octanol–water partition coefficient (Wildman–Crippen LogP) is 2.85. The third kappa shape index (κ3) is 5.37. The maximum Gasteiger partial charge on any atom is 0.255 e. The zero-order valence-corrected chi connectivity index (χ0v) is 21.6. The van der Waals surface area contributed by atoms with Crippen molar-refractivity contribution in [2.45, 2.75) is 37.5 Å². The third-order valence-corrected chi connectivity index (χ3v) is 9.39. The number of nitrogens with one attached hydrogen (secondary N) is 1. The fraction of sp³-hybridized carbons (Fsp3) is 0.409. The minimum Gasteiger partial charge on any atom is -0.495 e. The molecule has 0 atom stereocenters. The number of carbonyl (C=O) groups excluding carboxylic acids is 1. The number of sulfonamides is 2. The van der Waals surface area contributed by atoms with Crippen LogP contribution in [0.15, 0.2) is 40.1 Å². The summed E-state index contributed by atoms with van der Waals surface area (Å²) < 4.78 is 58.9. The number of anilines is 1. The van der Waals surface area contributed by atoms with Gasteiger partial charge in [0, 0.05) is 32.7 Å². The van der Waals surface area contributed by atoms with E-state index in [0.717, 1.165) is 4.31 Å². The standard InChI is InChI=1S/C22H31N3O6S2/c1-8-25(9-2)32(27,28)18-10-11-20(31-7)19(14-18)23-22(26)17-12-15(3)16(4)21(13-17)33(29,30)24(5)6/h10-14H,8-9H2,1-7H3,(H,23,26). The number of ether oxygens (including phenoxy) is 1. The molecule has 0 saturated carbocycles. The Bertz CT molecular complexity index is 1250. The molecule has 0 fully saturated rings. The summed E-state index contributed by atoms with van der Waals surface area (Å²) in [6.45, 7) is 7.49. The van der Waals surface area contributed by atoms with Gasteiger partial charge in [0.1, 0.15) is 5.75 Å². The summed E-state index contributed by atoms with van der Waals surface area (Å²) in [7, 11) is -3.28. The molecule has 182 valence electrons. The molecule has 0 saturated heterocycles. The Hall–Kier alpha value is -2.47. The van der Waals surface area contributed by atoms with Crippen molar-refractivity contribution in [1.29, 1.82) is 0 Å². The molecule has 2 aromatic rings. The van der Waals surface area contributed by atoms with E-state index >= 15 is 0 Å². The molecule has 2 rings (SSSR count). The van der Waals surface area contributed by atoms with Crippen LogP contribution in [0, 0.1) is 13.8 Å². The third-order valence-electron chi connectivity index (χ3n) is 5.40. The molecule has 11 heteroatoms. The largest absolute Gasteiger partial charge is 0.495 e.